The van der Waals surface area contributed by atoms with Gasteiger partial charge in [0.05, 0.1) is 30.2 Å². The maximum atomic E-state index is 6.45. The predicted octanol–water partition coefficient (Wildman–Crippen LogP) is 4.48. The van der Waals surface area contributed by atoms with Crippen LogP contribution in [0.3, 0.4) is 0 Å². The van der Waals surface area contributed by atoms with E-state index < -0.39 is 0 Å². The number of benzene rings is 1. The first-order valence-corrected chi connectivity index (χ1v) is 11.1. The van der Waals surface area contributed by atoms with Crippen LogP contribution in [-0.2, 0) is 4.74 Å². The van der Waals surface area contributed by atoms with E-state index >= 15 is 0 Å². The van der Waals surface area contributed by atoms with Gasteiger partial charge in [-0.25, -0.2) is 4.98 Å². The average Bonchev–Trinajstić information content (AvgIpc) is 2.76. The maximum absolute atomic E-state index is 6.45. The molecule has 0 radical (unpaired) electrons. The molecule has 1 aliphatic heterocycles. The van der Waals surface area contributed by atoms with Gasteiger partial charge >= 0.3 is 0 Å². The van der Waals surface area contributed by atoms with Crippen LogP contribution in [0.4, 0.5) is 0 Å². The van der Waals surface area contributed by atoms with Crippen LogP contribution >= 0.6 is 0 Å². The molecule has 1 unspecified atom stereocenters. The van der Waals surface area contributed by atoms with Crippen molar-refractivity contribution in [2.75, 3.05) is 32.8 Å². The minimum Gasteiger partial charge on any atom is -0.423 e. The van der Waals surface area contributed by atoms with Crippen molar-refractivity contribution in [1.82, 2.24) is 9.88 Å². The number of aromatic nitrogens is 1. The molecule has 2 fully saturated rings. The molecule has 0 bridgehead atoms. The first kappa shape index (κ1) is 19.6. The topological polar surface area (TPSA) is 50.9 Å². The third kappa shape index (κ3) is 4.47. The van der Waals surface area contributed by atoms with E-state index in [1.54, 1.807) is 0 Å². The standard InChI is InChI=1S/C23H33N3O2/c1-2-3-13-24-22-19-11-7-8-12-20(19)25-23(28-22)21(18-9-5-4-6-10-18)26-14-16-27-17-15-26/h7-8,11-12,18,21H,2-6,9-10,13-17H2,1H3. The maximum Gasteiger partial charge on any atom is 0.225 e. The van der Waals surface area contributed by atoms with Crippen LogP contribution in [0.2, 0.25) is 0 Å². The molecule has 1 aromatic carbocycles. The van der Waals surface area contributed by atoms with Crippen molar-refractivity contribution in [2.24, 2.45) is 10.9 Å². The molecule has 0 N–H and O–H groups in total. The van der Waals surface area contributed by atoms with Crippen LogP contribution in [0, 0.1) is 5.92 Å². The Bertz CT molecular complexity index is 802. The lowest BCUT2D eigenvalue weighted by atomic mass is 9.83. The van der Waals surface area contributed by atoms with Gasteiger partial charge in [0.2, 0.25) is 11.4 Å². The summed E-state index contributed by atoms with van der Waals surface area (Å²) in [5.41, 5.74) is 1.75. The molecule has 1 saturated heterocycles. The summed E-state index contributed by atoms with van der Waals surface area (Å²) in [5, 5.41) is 1.02. The van der Waals surface area contributed by atoms with Gasteiger partial charge in [-0.1, -0.05) is 44.7 Å². The number of rotatable bonds is 6. The molecule has 2 heterocycles. The van der Waals surface area contributed by atoms with E-state index in [2.05, 4.69) is 30.0 Å². The average molecular weight is 384 g/mol. The summed E-state index contributed by atoms with van der Waals surface area (Å²) in [6.07, 6.45) is 8.71. The number of nitrogens with zero attached hydrogens (tertiary/aromatic N) is 3. The fourth-order valence-corrected chi connectivity index (χ4v) is 4.59. The largest absolute Gasteiger partial charge is 0.423 e. The fourth-order valence-electron chi connectivity index (χ4n) is 4.59. The molecule has 4 rings (SSSR count). The number of morpholine rings is 1. The molecule has 0 amide bonds. The molecule has 1 saturated carbocycles. The summed E-state index contributed by atoms with van der Waals surface area (Å²) in [6.45, 7) is 6.50. The summed E-state index contributed by atoms with van der Waals surface area (Å²) in [5.74, 6) is 1.45. The number of unbranched alkanes of at least 4 members (excludes halogenated alkanes) is 1. The van der Waals surface area contributed by atoms with Gasteiger partial charge < -0.3 is 9.15 Å². The van der Waals surface area contributed by atoms with Crippen molar-refractivity contribution in [2.45, 2.75) is 57.9 Å². The highest BCUT2D eigenvalue weighted by molar-refractivity contribution is 5.76. The lowest BCUT2D eigenvalue weighted by Gasteiger charge is -2.39. The van der Waals surface area contributed by atoms with Gasteiger partial charge in [0, 0.05) is 19.6 Å². The van der Waals surface area contributed by atoms with Crippen molar-refractivity contribution in [3.63, 3.8) is 0 Å². The zero-order valence-electron chi connectivity index (χ0n) is 17.1. The third-order valence-corrected chi connectivity index (χ3v) is 6.12. The van der Waals surface area contributed by atoms with E-state index in [4.69, 9.17) is 19.1 Å². The first-order chi connectivity index (χ1) is 13.9. The minimum atomic E-state index is 0.230. The third-order valence-electron chi connectivity index (χ3n) is 6.12. The van der Waals surface area contributed by atoms with Crippen LogP contribution in [0.15, 0.2) is 33.7 Å². The van der Waals surface area contributed by atoms with E-state index in [0.717, 1.165) is 68.0 Å². The molecule has 1 atom stereocenters. The van der Waals surface area contributed by atoms with E-state index in [1.807, 2.05) is 6.07 Å². The summed E-state index contributed by atoms with van der Waals surface area (Å²) in [6, 6.07) is 8.49. The Hall–Kier alpha value is -1.72. The Morgan fingerprint density at radius 1 is 1.14 bits per heavy atom. The van der Waals surface area contributed by atoms with Crippen molar-refractivity contribution >= 4 is 10.9 Å². The molecule has 5 nitrogen and oxygen atoms in total. The highest BCUT2D eigenvalue weighted by Gasteiger charge is 2.34. The van der Waals surface area contributed by atoms with Gasteiger partial charge in [-0.15, -0.1) is 0 Å². The molecule has 28 heavy (non-hydrogen) atoms. The molecule has 2 aromatic rings. The molecule has 5 heteroatoms. The highest BCUT2D eigenvalue weighted by Crippen LogP contribution is 2.38. The van der Waals surface area contributed by atoms with Gasteiger partial charge in [-0.05, 0) is 37.3 Å². The zero-order valence-corrected chi connectivity index (χ0v) is 17.1. The summed E-state index contributed by atoms with van der Waals surface area (Å²) in [4.78, 5) is 12.4. The van der Waals surface area contributed by atoms with E-state index in [9.17, 15) is 0 Å². The van der Waals surface area contributed by atoms with Crippen LogP contribution < -0.4 is 5.55 Å². The monoisotopic (exact) mass is 383 g/mol. The second-order valence-corrected chi connectivity index (χ2v) is 8.10. The quantitative estimate of drug-likeness (QED) is 0.690. The Morgan fingerprint density at radius 2 is 1.93 bits per heavy atom. The van der Waals surface area contributed by atoms with Crippen molar-refractivity contribution in [3.8, 4) is 0 Å². The number of fused-ring (bicyclic) bond motifs is 1. The van der Waals surface area contributed by atoms with Crippen LogP contribution in [-0.4, -0.2) is 42.7 Å². The first-order valence-electron chi connectivity index (χ1n) is 11.1. The fraction of sp³-hybridized carbons (Fsp3) is 0.652. The lowest BCUT2D eigenvalue weighted by molar-refractivity contribution is -0.0117. The number of hydrogen-bond acceptors (Lipinski definition) is 5. The number of ether oxygens (including phenoxy) is 1. The Kier molecular flexibility index (Phi) is 6.76. The molecular formula is C23H33N3O2. The number of para-hydroxylation sites is 1. The minimum absolute atomic E-state index is 0.230. The zero-order chi connectivity index (χ0) is 19.2. The van der Waals surface area contributed by atoms with Crippen molar-refractivity contribution in [3.05, 3.63) is 35.7 Å². The van der Waals surface area contributed by atoms with E-state index in [1.165, 1.54) is 32.1 Å². The SMILES string of the molecule is CCCCN=c1oc(C(C2CCCCC2)N2CCOCC2)nc2ccccc12. The predicted molar refractivity (Wildman–Crippen MR) is 111 cm³/mol. The molecule has 1 aliphatic carbocycles. The van der Waals surface area contributed by atoms with Crippen LogP contribution in [0.1, 0.15) is 63.8 Å². The Morgan fingerprint density at radius 3 is 2.71 bits per heavy atom. The van der Waals surface area contributed by atoms with Gasteiger partial charge in [0.1, 0.15) is 0 Å². The summed E-state index contributed by atoms with van der Waals surface area (Å²) >= 11 is 0. The second kappa shape index (κ2) is 9.66. The van der Waals surface area contributed by atoms with Gasteiger partial charge in [-0.3, -0.25) is 9.89 Å². The summed E-state index contributed by atoms with van der Waals surface area (Å²) in [7, 11) is 0. The molecular weight excluding hydrogens is 350 g/mol. The Balaban J connectivity index is 1.77. The van der Waals surface area contributed by atoms with Gasteiger partial charge in [-0.2, -0.15) is 0 Å². The molecule has 2 aliphatic rings. The summed E-state index contributed by atoms with van der Waals surface area (Å²) < 4.78 is 12.1. The molecule has 152 valence electrons. The molecule has 0 spiro atoms. The Labute approximate surface area is 167 Å². The van der Waals surface area contributed by atoms with Crippen LogP contribution in [0.5, 0.6) is 0 Å². The highest BCUT2D eigenvalue weighted by atomic mass is 16.5. The van der Waals surface area contributed by atoms with E-state index in [0.29, 0.717) is 5.92 Å². The van der Waals surface area contributed by atoms with Gasteiger partial charge in [0.15, 0.2) is 0 Å². The van der Waals surface area contributed by atoms with Crippen molar-refractivity contribution < 1.29 is 9.15 Å². The second-order valence-electron chi connectivity index (χ2n) is 8.10. The van der Waals surface area contributed by atoms with Crippen LogP contribution in [0.25, 0.3) is 10.9 Å². The van der Waals surface area contributed by atoms with E-state index in [-0.39, 0.29) is 6.04 Å². The normalized spacial score (nSPS) is 21.2. The van der Waals surface area contributed by atoms with Crippen molar-refractivity contribution in [1.29, 1.82) is 0 Å². The number of hydrogen-bond donors (Lipinski definition) is 0. The van der Waals surface area contributed by atoms with Gasteiger partial charge in [0.25, 0.3) is 0 Å². The lowest BCUT2D eigenvalue weighted by Crippen LogP contribution is -2.43. The molecule has 1 aromatic heterocycles. The smallest absolute Gasteiger partial charge is 0.225 e.